The summed E-state index contributed by atoms with van der Waals surface area (Å²) in [6.07, 6.45) is 1.61. The summed E-state index contributed by atoms with van der Waals surface area (Å²) < 4.78 is 16.4. The molecule has 1 aromatic heterocycles. The van der Waals surface area contributed by atoms with Gasteiger partial charge >= 0.3 is 0 Å². The Balaban J connectivity index is 1.87. The number of anilines is 1. The van der Waals surface area contributed by atoms with Crippen molar-refractivity contribution in [1.29, 1.82) is 0 Å². The van der Waals surface area contributed by atoms with Crippen LogP contribution < -0.4 is 10.9 Å². The molecule has 1 N–H and O–H groups in total. The highest BCUT2D eigenvalue weighted by Gasteiger charge is 2.44. The molecule has 6 nitrogen and oxygen atoms in total. The molecule has 1 fully saturated rings. The van der Waals surface area contributed by atoms with Crippen LogP contribution in [-0.2, 0) is 17.4 Å². The average molecular weight is 475 g/mol. The number of nitrogens with one attached hydrogen (secondary N) is 1. The number of nitrogens with zero attached hydrogens (tertiary/aromatic N) is 3. The van der Waals surface area contributed by atoms with Gasteiger partial charge in [-0.3, -0.25) is 9.59 Å². The van der Waals surface area contributed by atoms with E-state index in [4.69, 9.17) is 23.2 Å². The number of hydrogen-bond acceptors (Lipinski definition) is 4. The Morgan fingerprint density at radius 1 is 1.28 bits per heavy atom. The standard InChI is InChI=1S/C23H21Cl2FN4O2/c1-4-19(31)30-10-9-23(12-30,20-18(26)8-7-17(24)21(20)25)27-14-5-6-15-13(2)28-29(3)22(32)16(15)11-14/h4-8,11,27H,1,9-10,12H2,2-3H3. The van der Waals surface area contributed by atoms with Crippen LogP contribution in [-0.4, -0.2) is 33.7 Å². The highest BCUT2D eigenvalue weighted by Crippen LogP contribution is 2.43. The van der Waals surface area contributed by atoms with E-state index in [-0.39, 0.29) is 33.6 Å². The van der Waals surface area contributed by atoms with Gasteiger partial charge in [0.15, 0.2) is 0 Å². The van der Waals surface area contributed by atoms with Crippen LogP contribution in [0.1, 0.15) is 17.7 Å². The molecule has 0 saturated carbocycles. The maximum atomic E-state index is 15.1. The van der Waals surface area contributed by atoms with E-state index in [2.05, 4.69) is 17.0 Å². The fraction of sp³-hybridized carbons (Fsp3) is 0.261. The minimum atomic E-state index is -1.05. The predicted octanol–water partition coefficient (Wildman–Crippen LogP) is 4.41. The second-order valence-electron chi connectivity index (χ2n) is 7.91. The number of carbonyl (C=O) groups excluding carboxylic acids is 1. The van der Waals surface area contributed by atoms with E-state index in [0.29, 0.717) is 24.0 Å². The maximum absolute atomic E-state index is 15.1. The molecule has 2 heterocycles. The first kappa shape index (κ1) is 22.3. The molecule has 1 amide bonds. The van der Waals surface area contributed by atoms with E-state index >= 15 is 4.39 Å². The van der Waals surface area contributed by atoms with Crippen LogP contribution >= 0.6 is 23.2 Å². The van der Waals surface area contributed by atoms with E-state index in [0.717, 1.165) is 11.1 Å². The molecule has 166 valence electrons. The lowest BCUT2D eigenvalue weighted by Crippen LogP contribution is -2.41. The van der Waals surface area contributed by atoms with Gasteiger partial charge in [0.25, 0.3) is 5.56 Å². The minimum Gasteiger partial charge on any atom is -0.374 e. The largest absolute Gasteiger partial charge is 0.374 e. The van der Waals surface area contributed by atoms with Crippen molar-refractivity contribution < 1.29 is 9.18 Å². The number of aromatic nitrogens is 2. The molecule has 1 aliphatic rings. The normalized spacial score (nSPS) is 18.2. The molecule has 1 unspecified atom stereocenters. The number of amides is 1. The third kappa shape index (κ3) is 3.65. The molecule has 3 aromatic rings. The fourth-order valence-electron chi connectivity index (χ4n) is 4.35. The van der Waals surface area contributed by atoms with Gasteiger partial charge in [-0.05, 0) is 43.7 Å². The molecule has 0 bridgehead atoms. The van der Waals surface area contributed by atoms with Crippen molar-refractivity contribution >= 4 is 45.6 Å². The molecule has 1 aliphatic heterocycles. The van der Waals surface area contributed by atoms with Crippen LogP contribution in [0.2, 0.25) is 10.0 Å². The van der Waals surface area contributed by atoms with Crippen LogP contribution in [0.25, 0.3) is 10.8 Å². The molecule has 4 rings (SSSR count). The van der Waals surface area contributed by atoms with E-state index < -0.39 is 11.4 Å². The first-order valence-corrected chi connectivity index (χ1v) is 10.7. The van der Waals surface area contributed by atoms with Gasteiger partial charge in [-0.2, -0.15) is 5.10 Å². The van der Waals surface area contributed by atoms with E-state index in [1.165, 1.54) is 22.9 Å². The molecule has 9 heteroatoms. The Labute approximate surface area is 194 Å². The van der Waals surface area contributed by atoms with Gasteiger partial charge in [0, 0.05) is 36.8 Å². The van der Waals surface area contributed by atoms with Gasteiger partial charge in [0.05, 0.1) is 26.7 Å². The van der Waals surface area contributed by atoms with Gasteiger partial charge in [-0.15, -0.1) is 0 Å². The monoisotopic (exact) mass is 474 g/mol. The van der Waals surface area contributed by atoms with Crippen molar-refractivity contribution in [2.24, 2.45) is 7.05 Å². The summed E-state index contributed by atoms with van der Waals surface area (Å²) in [4.78, 5) is 26.5. The summed E-state index contributed by atoms with van der Waals surface area (Å²) in [5.74, 6) is -0.794. The van der Waals surface area contributed by atoms with Crippen molar-refractivity contribution in [2.45, 2.75) is 18.9 Å². The Morgan fingerprint density at radius 3 is 2.75 bits per heavy atom. The Morgan fingerprint density at radius 2 is 2.03 bits per heavy atom. The first-order chi connectivity index (χ1) is 15.2. The van der Waals surface area contributed by atoms with Gasteiger partial charge in [0.1, 0.15) is 5.82 Å². The van der Waals surface area contributed by atoms with Crippen LogP contribution in [0.5, 0.6) is 0 Å². The summed E-state index contributed by atoms with van der Waals surface area (Å²) in [5, 5.41) is 9.10. The van der Waals surface area contributed by atoms with Crippen LogP contribution in [0.4, 0.5) is 10.1 Å². The molecular weight excluding hydrogens is 454 g/mol. The van der Waals surface area contributed by atoms with Crippen LogP contribution in [0.3, 0.4) is 0 Å². The van der Waals surface area contributed by atoms with Crippen molar-refractivity contribution in [1.82, 2.24) is 14.7 Å². The quantitative estimate of drug-likeness (QED) is 0.449. The molecule has 1 atom stereocenters. The Kier molecular flexibility index (Phi) is 5.73. The van der Waals surface area contributed by atoms with E-state index in [1.807, 2.05) is 6.92 Å². The predicted molar refractivity (Wildman–Crippen MR) is 125 cm³/mol. The highest BCUT2D eigenvalue weighted by molar-refractivity contribution is 6.42. The van der Waals surface area contributed by atoms with Gasteiger partial charge in [-0.25, -0.2) is 9.07 Å². The molecular formula is C23H21Cl2FN4O2. The molecule has 0 aliphatic carbocycles. The number of aryl methyl sites for hydroxylation is 2. The molecule has 2 aromatic carbocycles. The van der Waals surface area contributed by atoms with Crippen LogP contribution in [0.15, 0.2) is 47.8 Å². The minimum absolute atomic E-state index is 0.0869. The zero-order chi connectivity index (χ0) is 23.2. The number of fused-ring (bicyclic) bond motifs is 1. The van der Waals surface area contributed by atoms with Crippen molar-refractivity contribution in [2.75, 3.05) is 18.4 Å². The number of likely N-dealkylation sites (tertiary alicyclic amines) is 1. The van der Waals surface area contributed by atoms with Crippen molar-refractivity contribution in [3.8, 4) is 0 Å². The summed E-state index contributed by atoms with van der Waals surface area (Å²) in [6, 6.07) is 7.96. The maximum Gasteiger partial charge on any atom is 0.274 e. The smallest absolute Gasteiger partial charge is 0.274 e. The second kappa shape index (κ2) is 8.22. The van der Waals surface area contributed by atoms with E-state index in [9.17, 15) is 9.59 Å². The number of carbonyl (C=O) groups is 1. The summed E-state index contributed by atoms with van der Waals surface area (Å²) in [5.41, 5.74) is 0.195. The number of benzene rings is 2. The first-order valence-electron chi connectivity index (χ1n) is 9.98. The zero-order valence-corrected chi connectivity index (χ0v) is 19.1. The fourth-order valence-corrected chi connectivity index (χ4v) is 4.84. The molecule has 1 saturated heterocycles. The summed E-state index contributed by atoms with van der Waals surface area (Å²) >= 11 is 12.7. The van der Waals surface area contributed by atoms with E-state index in [1.54, 1.807) is 30.1 Å². The average Bonchev–Trinajstić information content (AvgIpc) is 3.19. The molecule has 0 spiro atoms. The second-order valence-corrected chi connectivity index (χ2v) is 8.70. The topological polar surface area (TPSA) is 67.2 Å². The van der Waals surface area contributed by atoms with Crippen molar-refractivity contribution in [3.05, 3.63) is 80.5 Å². The van der Waals surface area contributed by atoms with Gasteiger partial charge in [-0.1, -0.05) is 35.8 Å². The lowest BCUT2D eigenvalue weighted by atomic mass is 9.87. The highest BCUT2D eigenvalue weighted by atomic mass is 35.5. The molecule has 0 radical (unpaired) electrons. The van der Waals surface area contributed by atoms with Gasteiger partial charge in [0.2, 0.25) is 5.91 Å². The lowest BCUT2D eigenvalue weighted by molar-refractivity contribution is -0.125. The van der Waals surface area contributed by atoms with Gasteiger partial charge < -0.3 is 10.2 Å². The van der Waals surface area contributed by atoms with Crippen molar-refractivity contribution in [3.63, 3.8) is 0 Å². The number of rotatable bonds is 4. The summed E-state index contributed by atoms with van der Waals surface area (Å²) in [7, 11) is 1.59. The number of halogens is 3. The summed E-state index contributed by atoms with van der Waals surface area (Å²) in [6.45, 7) is 5.90. The third-order valence-electron chi connectivity index (χ3n) is 5.90. The lowest BCUT2D eigenvalue weighted by Gasteiger charge is -2.33. The Bertz CT molecular complexity index is 1320. The Hall–Kier alpha value is -2.90. The van der Waals surface area contributed by atoms with Crippen LogP contribution in [0, 0.1) is 12.7 Å². The third-order valence-corrected chi connectivity index (χ3v) is 6.70. The SMILES string of the molecule is C=CC(=O)N1CCC(Nc2ccc3c(C)nn(C)c(=O)c3c2)(c2c(F)ccc(Cl)c2Cl)C1. The molecule has 32 heavy (non-hydrogen) atoms. The number of hydrogen-bond donors (Lipinski definition) is 1. The zero-order valence-electron chi connectivity index (χ0n) is 17.6.